The Morgan fingerprint density at radius 1 is 0.786 bits per heavy atom. The number of halogens is 2. The third-order valence-corrected chi connectivity index (χ3v) is 2.07. The molecule has 0 aromatic carbocycles. The fourth-order valence-corrected chi connectivity index (χ4v) is 1.28. The molecule has 0 aliphatic carbocycles. The molecule has 4 heteroatoms. The second-order valence-electron chi connectivity index (χ2n) is 3.39. The summed E-state index contributed by atoms with van der Waals surface area (Å²) in [5.74, 6) is 0. The molecule has 14 heavy (non-hydrogen) atoms. The highest BCUT2D eigenvalue weighted by atomic mass is 127. The zero-order valence-electron chi connectivity index (χ0n) is 8.95. The lowest BCUT2D eigenvalue weighted by molar-refractivity contribution is -0.0466. The summed E-state index contributed by atoms with van der Waals surface area (Å²) in [6.07, 6.45) is 8.03. The van der Waals surface area contributed by atoms with Gasteiger partial charge in [-0.25, -0.2) is 0 Å². The summed E-state index contributed by atoms with van der Waals surface area (Å²) in [6, 6.07) is 0. The Morgan fingerprint density at radius 2 is 1.21 bits per heavy atom. The van der Waals surface area contributed by atoms with Gasteiger partial charge in [-0.3, -0.25) is 0 Å². The van der Waals surface area contributed by atoms with Crippen molar-refractivity contribution in [3.63, 3.8) is 0 Å². The minimum absolute atomic E-state index is 0. The van der Waals surface area contributed by atoms with Crippen LogP contribution in [0.2, 0.25) is 0 Å². The lowest BCUT2D eigenvalue weighted by Crippen LogP contribution is -2.02. The predicted octanol–water partition coefficient (Wildman–Crippen LogP) is 3.67. The number of unbranched alkanes of at least 4 members (excludes halogenated alkanes) is 6. The van der Waals surface area contributed by atoms with Crippen LogP contribution in [0.3, 0.4) is 0 Å². The molecule has 0 saturated carbocycles. The summed E-state index contributed by atoms with van der Waals surface area (Å²) >= 11 is 0. The van der Waals surface area contributed by atoms with E-state index in [0.717, 1.165) is 12.8 Å². The third kappa shape index (κ3) is 19.0. The maximum atomic E-state index is 8.55. The van der Waals surface area contributed by atoms with Gasteiger partial charge >= 0.3 is 0 Å². The number of hydrogen-bond acceptors (Lipinski definition) is 2. The van der Waals surface area contributed by atoms with Gasteiger partial charge in [-0.05, 0) is 12.8 Å². The average molecular weight is 430 g/mol. The van der Waals surface area contributed by atoms with Crippen LogP contribution in [-0.2, 0) is 0 Å². The minimum Gasteiger partial charge on any atom is -0.368 e. The Balaban J connectivity index is -0.000000605. The highest BCUT2D eigenvalue weighted by Gasteiger charge is 1.96. The van der Waals surface area contributed by atoms with Crippen LogP contribution in [0.1, 0.15) is 58.3 Å². The molecule has 90 valence electrons. The van der Waals surface area contributed by atoms with E-state index in [1.165, 1.54) is 32.1 Å². The summed E-state index contributed by atoms with van der Waals surface area (Å²) in [5.41, 5.74) is 0. The molecule has 0 aliphatic heterocycles. The molecule has 2 nitrogen and oxygen atoms in total. The van der Waals surface area contributed by atoms with Crippen molar-refractivity contribution in [1.29, 1.82) is 0 Å². The van der Waals surface area contributed by atoms with Crippen LogP contribution in [0.25, 0.3) is 0 Å². The zero-order valence-corrected chi connectivity index (χ0v) is 13.6. The normalized spacial score (nSPS) is 9.43. The fraction of sp³-hybridized carbons (Fsp3) is 1.00. The van der Waals surface area contributed by atoms with Gasteiger partial charge in [0.1, 0.15) is 0 Å². The molecule has 0 saturated heterocycles. The molecule has 0 aromatic rings. The van der Waals surface area contributed by atoms with Crippen molar-refractivity contribution in [2.45, 2.75) is 64.6 Å². The van der Waals surface area contributed by atoms with Crippen molar-refractivity contribution in [1.82, 2.24) is 0 Å². The van der Waals surface area contributed by atoms with Gasteiger partial charge in [-0.15, -0.1) is 48.0 Å². The maximum absolute atomic E-state index is 8.55. The van der Waals surface area contributed by atoms with Gasteiger partial charge < -0.3 is 10.2 Å². The molecule has 0 bridgehead atoms. The number of rotatable bonds is 8. The van der Waals surface area contributed by atoms with Crippen molar-refractivity contribution >= 4 is 48.0 Å². The molecule has 0 rings (SSSR count). The molecule has 2 N–H and O–H groups in total. The molecule has 0 atom stereocenters. The molecule has 0 radical (unpaired) electrons. The highest BCUT2D eigenvalue weighted by molar-refractivity contribution is 14.0. The van der Waals surface area contributed by atoms with E-state index in [1.54, 1.807) is 0 Å². The van der Waals surface area contributed by atoms with Crippen molar-refractivity contribution in [3.05, 3.63) is 0 Å². The Morgan fingerprint density at radius 3 is 1.64 bits per heavy atom. The van der Waals surface area contributed by atoms with Crippen molar-refractivity contribution in [2.75, 3.05) is 0 Å². The molecular formula is C10H24I2O2. The van der Waals surface area contributed by atoms with Crippen molar-refractivity contribution in [3.8, 4) is 0 Å². The summed E-state index contributed by atoms with van der Waals surface area (Å²) in [7, 11) is 0. The van der Waals surface area contributed by atoms with Crippen LogP contribution in [0, 0.1) is 0 Å². The van der Waals surface area contributed by atoms with Gasteiger partial charge in [0.25, 0.3) is 0 Å². The minimum atomic E-state index is -1.10. The Kier molecular flexibility index (Phi) is 24.9. The lowest BCUT2D eigenvalue weighted by Gasteiger charge is -2.02. The summed E-state index contributed by atoms with van der Waals surface area (Å²) < 4.78 is 0. The zero-order chi connectivity index (χ0) is 9.23. The van der Waals surface area contributed by atoms with Gasteiger partial charge in [0.15, 0.2) is 6.29 Å². The van der Waals surface area contributed by atoms with E-state index in [9.17, 15) is 0 Å². The first kappa shape index (κ1) is 20.8. The summed E-state index contributed by atoms with van der Waals surface area (Å²) in [6.45, 7) is 2.21. The lowest BCUT2D eigenvalue weighted by atomic mass is 10.1. The molecule has 0 fully saturated rings. The third-order valence-electron chi connectivity index (χ3n) is 2.07. The van der Waals surface area contributed by atoms with Gasteiger partial charge in [0, 0.05) is 0 Å². The van der Waals surface area contributed by atoms with Gasteiger partial charge in [0.05, 0.1) is 0 Å². The highest BCUT2D eigenvalue weighted by Crippen LogP contribution is 2.08. The predicted molar refractivity (Wildman–Crippen MR) is 81.7 cm³/mol. The molecule has 0 amide bonds. The van der Waals surface area contributed by atoms with E-state index in [2.05, 4.69) is 6.92 Å². The Bertz CT molecular complexity index is 90.2. The largest absolute Gasteiger partial charge is 0.368 e. The van der Waals surface area contributed by atoms with Gasteiger partial charge in [-0.2, -0.15) is 0 Å². The van der Waals surface area contributed by atoms with Crippen LogP contribution in [0.5, 0.6) is 0 Å². The van der Waals surface area contributed by atoms with E-state index in [4.69, 9.17) is 10.2 Å². The van der Waals surface area contributed by atoms with Crippen molar-refractivity contribution < 1.29 is 10.2 Å². The van der Waals surface area contributed by atoms with Gasteiger partial charge in [-0.1, -0.05) is 45.4 Å². The second-order valence-corrected chi connectivity index (χ2v) is 3.39. The first-order chi connectivity index (χ1) is 5.77. The standard InChI is InChI=1S/C10H22O2.2HI/c1-2-3-4-5-6-7-8-9-10(11)12;;/h10-12H,2-9H2,1H3;2*1H. The van der Waals surface area contributed by atoms with E-state index >= 15 is 0 Å². The number of aliphatic hydroxyl groups is 2. The van der Waals surface area contributed by atoms with Crippen LogP contribution in [0.15, 0.2) is 0 Å². The number of aliphatic hydroxyl groups excluding tert-OH is 1. The van der Waals surface area contributed by atoms with E-state index in [-0.39, 0.29) is 48.0 Å². The smallest absolute Gasteiger partial charge is 0.151 e. The van der Waals surface area contributed by atoms with E-state index in [0.29, 0.717) is 6.42 Å². The SMILES string of the molecule is CCCCCCCCCC(O)O.I.I. The maximum Gasteiger partial charge on any atom is 0.151 e. The first-order valence-corrected chi connectivity index (χ1v) is 5.13. The van der Waals surface area contributed by atoms with Crippen LogP contribution < -0.4 is 0 Å². The molecular weight excluding hydrogens is 406 g/mol. The van der Waals surface area contributed by atoms with Crippen LogP contribution >= 0.6 is 48.0 Å². The van der Waals surface area contributed by atoms with Crippen LogP contribution in [-0.4, -0.2) is 16.5 Å². The molecule has 0 heterocycles. The molecule has 0 unspecified atom stereocenters. The quantitative estimate of drug-likeness (QED) is 0.351. The monoisotopic (exact) mass is 430 g/mol. The average Bonchev–Trinajstić information content (AvgIpc) is 2.02. The van der Waals surface area contributed by atoms with Crippen molar-refractivity contribution in [2.24, 2.45) is 0 Å². The molecule has 0 aromatic heterocycles. The summed E-state index contributed by atoms with van der Waals surface area (Å²) in [5, 5.41) is 17.1. The van der Waals surface area contributed by atoms with E-state index < -0.39 is 6.29 Å². The number of hydrogen-bond donors (Lipinski definition) is 2. The van der Waals surface area contributed by atoms with Crippen LogP contribution in [0.4, 0.5) is 0 Å². The second kappa shape index (κ2) is 16.8. The molecule has 0 aliphatic rings. The summed E-state index contributed by atoms with van der Waals surface area (Å²) in [4.78, 5) is 0. The Hall–Kier alpha value is 1.38. The van der Waals surface area contributed by atoms with E-state index in [1.807, 2.05) is 0 Å². The fourth-order valence-electron chi connectivity index (χ4n) is 1.28. The topological polar surface area (TPSA) is 40.5 Å². The van der Waals surface area contributed by atoms with Gasteiger partial charge in [0.2, 0.25) is 0 Å². The Labute approximate surface area is 122 Å². The first-order valence-electron chi connectivity index (χ1n) is 5.13. The molecule has 0 spiro atoms.